The molecule has 2 aromatic carbocycles. The fraction of sp³-hybridized carbons (Fsp3) is 0.0714. The lowest BCUT2D eigenvalue weighted by Gasteiger charge is -2.08. The predicted molar refractivity (Wildman–Crippen MR) is 75.0 cm³/mol. The Hall–Kier alpha value is -2.41. The maximum atomic E-state index is 12.8. The monoisotopic (exact) mass is 309 g/mol. The van der Waals surface area contributed by atoms with E-state index < -0.39 is 15.9 Å². The molecule has 7 heteroatoms. The van der Waals surface area contributed by atoms with Crippen LogP contribution in [-0.4, -0.2) is 14.3 Å². The van der Waals surface area contributed by atoms with Crippen LogP contribution in [0.25, 0.3) is 0 Å². The summed E-state index contributed by atoms with van der Waals surface area (Å²) in [6.45, 7) is 1.36. The lowest BCUT2D eigenvalue weighted by molar-refractivity contribution is -0.114. The molecule has 2 rings (SSSR count). The largest absolute Gasteiger partial charge is 0.379 e. The molecule has 1 amide bonds. The Labute approximate surface area is 121 Å². The van der Waals surface area contributed by atoms with Crippen molar-refractivity contribution >= 4 is 21.7 Å². The number of carbonyl (C=O) groups is 1. The van der Waals surface area contributed by atoms with Gasteiger partial charge >= 0.3 is 10.1 Å². The highest BCUT2D eigenvalue weighted by Gasteiger charge is 2.16. The minimum absolute atomic E-state index is 0.0911. The van der Waals surface area contributed by atoms with Crippen LogP contribution in [0, 0.1) is 5.82 Å². The van der Waals surface area contributed by atoms with Gasteiger partial charge < -0.3 is 9.50 Å². The average molecular weight is 309 g/mol. The number of amides is 1. The van der Waals surface area contributed by atoms with E-state index in [1.54, 1.807) is 0 Å². The number of halogens is 1. The summed E-state index contributed by atoms with van der Waals surface area (Å²) in [6, 6.07) is 10.2. The molecule has 0 aliphatic carbocycles. The highest BCUT2D eigenvalue weighted by molar-refractivity contribution is 7.87. The van der Waals surface area contributed by atoms with E-state index in [4.69, 9.17) is 4.18 Å². The Morgan fingerprint density at radius 3 is 2.14 bits per heavy atom. The molecule has 0 fully saturated rings. The molecule has 0 spiro atoms. The minimum atomic E-state index is -4.02. The Morgan fingerprint density at radius 2 is 1.62 bits per heavy atom. The second kappa shape index (κ2) is 5.92. The van der Waals surface area contributed by atoms with Crippen molar-refractivity contribution in [1.82, 2.24) is 0 Å². The molecular weight excluding hydrogens is 297 g/mol. The van der Waals surface area contributed by atoms with Gasteiger partial charge in [-0.2, -0.15) is 8.42 Å². The third kappa shape index (κ3) is 4.03. The Bertz CT molecular complexity index is 740. The molecule has 5 nitrogen and oxygen atoms in total. The van der Waals surface area contributed by atoms with Crippen molar-refractivity contribution in [1.29, 1.82) is 0 Å². The van der Waals surface area contributed by atoms with Crippen molar-refractivity contribution < 1.29 is 21.8 Å². The molecule has 0 aliphatic rings. The van der Waals surface area contributed by atoms with Gasteiger partial charge in [-0.15, -0.1) is 0 Å². The molecule has 0 aliphatic heterocycles. The maximum absolute atomic E-state index is 12.8. The number of anilines is 1. The molecule has 21 heavy (non-hydrogen) atoms. The minimum Gasteiger partial charge on any atom is -0.379 e. The molecular formula is C14H12FNO4S. The number of benzene rings is 2. The molecule has 0 saturated heterocycles. The molecule has 0 unspecified atom stereocenters. The smallest absolute Gasteiger partial charge is 0.339 e. The highest BCUT2D eigenvalue weighted by atomic mass is 32.2. The first kappa shape index (κ1) is 15.0. The number of nitrogens with one attached hydrogen (secondary N) is 1. The van der Waals surface area contributed by atoms with Gasteiger partial charge in [0.2, 0.25) is 5.91 Å². The topological polar surface area (TPSA) is 72.5 Å². The molecule has 0 aromatic heterocycles. The summed E-state index contributed by atoms with van der Waals surface area (Å²) in [5.41, 5.74) is 0.522. The van der Waals surface area contributed by atoms with E-state index in [9.17, 15) is 17.6 Å². The van der Waals surface area contributed by atoms with Crippen LogP contribution in [0.3, 0.4) is 0 Å². The van der Waals surface area contributed by atoms with Gasteiger partial charge in [0.1, 0.15) is 16.5 Å². The van der Waals surface area contributed by atoms with E-state index in [1.807, 2.05) is 0 Å². The first-order valence-corrected chi connectivity index (χ1v) is 7.35. The summed E-state index contributed by atoms with van der Waals surface area (Å²) in [4.78, 5) is 10.7. The van der Waals surface area contributed by atoms with Gasteiger partial charge in [0.25, 0.3) is 0 Å². The number of hydrogen-bond donors (Lipinski definition) is 1. The van der Waals surface area contributed by atoms with Gasteiger partial charge in [-0.05, 0) is 48.5 Å². The molecule has 110 valence electrons. The second-order valence-electron chi connectivity index (χ2n) is 4.20. The lowest BCUT2D eigenvalue weighted by atomic mass is 10.3. The third-order valence-electron chi connectivity index (χ3n) is 2.48. The molecule has 0 atom stereocenters. The van der Waals surface area contributed by atoms with Gasteiger partial charge in [-0.3, -0.25) is 4.79 Å². The van der Waals surface area contributed by atoms with Crippen molar-refractivity contribution in [3.63, 3.8) is 0 Å². The van der Waals surface area contributed by atoms with Crippen LogP contribution in [0.15, 0.2) is 53.4 Å². The summed E-state index contributed by atoms with van der Waals surface area (Å²) in [5.74, 6) is -0.676. The summed E-state index contributed by atoms with van der Waals surface area (Å²) in [7, 11) is -4.02. The zero-order chi connectivity index (χ0) is 15.5. The maximum Gasteiger partial charge on any atom is 0.339 e. The normalized spacial score (nSPS) is 11.0. The van der Waals surface area contributed by atoms with Crippen LogP contribution < -0.4 is 9.50 Å². The van der Waals surface area contributed by atoms with Crippen LogP contribution in [-0.2, 0) is 14.9 Å². The summed E-state index contributed by atoms with van der Waals surface area (Å²) >= 11 is 0. The summed E-state index contributed by atoms with van der Waals surface area (Å²) in [5, 5.41) is 2.55. The van der Waals surface area contributed by atoms with Crippen LogP contribution in [0.1, 0.15) is 6.92 Å². The van der Waals surface area contributed by atoms with Gasteiger partial charge in [-0.25, -0.2) is 4.39 Å². The molecule has 0 saturated carbocycles. The fourth-order valence-corrected chi connectivity index (χ4v) is 2.50. The van der Waals surface area contributed by atoms with Gasteiger partial charge in [-0.1, -0.05) is 0 Å². The van der Waals surface area contributed by atoms with Crippen LogP contribution >= 0.6 is 0 Å². The van der Waals surface area contributed by atoms with Gasteiger partial charge in [0.05, 0.1) is 0 Å². The highest BCUT2D eigenvalue weighted by Crippen LogP contribution is 2.21. The number of hydrogen-bond acceptors (Lipinski definition) is 4. The zero-order valence-electron chi connectivity index (χ0n) is 11.0. The first-order chi connectivity index (χ1) is 9.87. The van der Waals surface area contributed by atoms with Crippen LogP contribution in [0.5, 0.6) is 5.75 Å². The average Bonchev–Trinajstić information content (AvgIpc) is 2.40. The first-order valence-electron chi connectivity index (χ1n) is 5.94. The van der Waals surface area contributed by atoms with Gasteiger partial charge in [0, 0.05) is 12.6 Å². The van der Waals surface area contributed by atoms with E-state index in [0.717, 1.165) is 24.3 Å². The van der Waals surface area contributed by atoms with Gasteiger partial charge in [0.15, 0.2) is 0 Å². The number of carbonyl (C=O) groups excluding carboxylic acids is 1. The molecule has 0 bridgehead atoms. The number of rotatable bonds is 4. The summed E-state index contributed by atoms with van der Waals surface area (Å²) < 4.78 is 41.6. The van der Waals surface area contributed by atoms with E-state index >= 15 is 0 Å². The second-order valence-corrected chi connectivity index (χ2v) is 5.74. The van der Waals surface area contributed by atoms with Crippen molar-refractivity contribution in [2.45, 2.75) is 11.8 Å². The third-order valence-corrected chi connectivity index (χ3v) is 3.74. The SMILES string of the molecule is CC(=O)Nc1ccc(OS(=O)(=O)c2ccc(F)cc2)cc1. The van der Waals surface area contributed by atoms with Crippen molar-refractivity contribution in [3.8, 4) is 5.75 Å². The Kier molecular flexibility index (Phi) is 4.23. The summed E-state index contributed by atoms with van der Waals surface area (Å²) in [6.07, 6.45) is 0. The Morgan fingerprint density at radius 1 is 1.05 bits per heavy atom. The molecule has 0 radical (unpaired) electrons. The van der Waals surface area contributed by atoms with E-state index in [1.165, 1.54) is 31.2 Å². The van der Waals surface area contributed by atoms with Crippen molar-refractivity contribution in [2.24, 2.45) is 0 Å². The predicted octanol–water partition coefficient (Wildman–Crippen LogP) is 2.55. The van der Waals surface area contributed by atoms with E-state index in [-0.39, 0.29) is 16.6 Å². The van der Waals surface area contributed by atoms with Crippen LogP contribution in [0.4, 0.5) is 10.1 Å². The molecule has 1 N–H and O–H groups in total. The van der Waals surface area contributed by atoms with Crippen molar-refractivity contribution in [3.05, 3.63) is 54.3 Å². The van der Waals surface area contributed by atoms with Crippen LogP contribution in [0.2, 0.25) is 0 Å². The Balaban J connectivity index is 2.16. The van der Waals surface area contributed by atoms with E-state index in [0.29, 0.717) is 5.69 Å². The fourth-order valence-electron chi connectivity index (χ4n) is 1.57. The molecule has 0 heterocycles. The quantitative estimate of drug-likeness (QED) is 0.881. The lowest BCUT2D eigenvalue weighted by Crippen LogP contribution is -2.10. The zero-order valence-corrected chi connectivity index (χ0v) is 11.9. The standard InChI is InChI=1S/C14H12FNO4S/c1-10(17)16-12-4-6-13(7-5-12)20-21(18,19)14-8-2-11(15)3-9-14/h2-9H,1H3,(H,16,17). The van der Waals surface area contributed by atoms with E-state index in [2.05, 4.69) is 5.32 Å². The van der Waals surface area contributed by atoms with Crippen molar-refractivity contribution in [2.75, 3.05) is 5.32 Å². The molecule has 2 aromatic rings.